The van der Waals surface area contributed by atoms with Crippen LogP contribution in [0.1, 0.15) is 67.5 Å². The number of nitrogens with one attached hydrogen (secondary N) is 2. The van der Waals surface area contributed by atoms with Gasteiger partial charge in [-0.25, -0.2) is 4.98 Å². The van der Waals surface area contributed by atoms with E-state index in [1.54, 1.807) is 24.3 Å². The van der Waals surface area contributed by atoms with Crippen LogP contribution in [-0.4, -0.2) is 28.0 Å². The van der Waals surface area contributed by atoms with Gasteiger partial charge in [0.1, 0.15) is 17.6 Å². The fourth-order valence-electron chi connectivity index (χ4n) is 3.94. The highest BCUT2D eigenvalue weighted by molar-refractivity contribution is 5.95. The zero-order valence-corrected chi connectivity index (χ0v) is 21.4. The van der Waals surface area contributed by atoms with Crippen molar-refractivity contribution in [3.8, 4) is 23.2 Å². The lowest BCUT2D eigenvalue weighted by Gasteiger charge is -2.16. The standard InChI is InChI=1S/C29H34N4O2/c1-8-24(32-28(34)22-13-14-25(35-18(2)3)23(16-22)17-30)15-20-9-11-21(12-10-20)27-31-19(4)26(33-27)29(5,6)7/h8-14,16,18,24H,1,15H2,2-7H3,(H,31,33)(H,32,34)/t24-/m1/s1. The van der Waals surface area contributed by atoms with Gasteiger partial charge in [-0.2, -0.15) is 5.26 Å². The van der Waals surface area contributed by atoms with Crippen molar-refractivity contribution in [2.24, 2.45) is 0 Å². The van der Waals surface area contributed by atoms with Crippen LogP contribution < -0.4 is 10.1 Å². The zero-order chi connectivity index (χ0) is 25.8. The lowest BCUT2D eigenvalue weighted by Crippen LogP contribution is -2.34. The number of hydrogen-bond donors (Lipinski definition) is 2. The summed E-state index contributed by atoms with van der Waals surface area (Å²) in [4.78, 5) is 21.0. The molecule has 2 N–H and O–H groups in total. The summed E-state index contributed by atoms with van der Waals surface area (Å²) < 4.78 is 5.64. The minimum atomic E-state index is -0.264. The van der Waals surface area contributed by atoms with Crippen LogP contribution in [0.3, 0.4) is 0 Å². The summed E-state index contributed by atoms with van der Waals surface area (Å²) in [6, 6.07) is 14.9. The van der Waals surface area contributed by atoms with Gasteiger partial charge >= 0.3 is 0 Å². The third-order valence-corrected chi connectivity index (χ3v) is 5.60. The fraction of sp³-hybridized carbons (Fsp3) is 0.345. The molecule has 3 aromatic rings. The van der Waals surface area contributed by atoms with Gasteiger partial charge in [0.15, 0.2) is 0 Å². The van der Waals surface area contributed by atoms with Crippen molar-refractivity contribution in [3.05, 3.63) is 83.2 Å². The summed E-state index contributed by atoms with van der Waals surface area (Å²) in [6.07, 6.45) is 2.26. The molecule has 0 saturated carbocycles. The first kappa shape index (κ1) is 25.8. The molecule has 6 nitrogen and oxygen atoms in total. The summed E-state index contributed by atoms with van der Waals surface area (Å²) >= 11 is 0. The second kappa shape index (κ2) is 10.6. The Kier molecular flexibility index (Phi) is 7.81. The Morgan fingerprint density at radius 2 is 1.91 bits per heavy atom. The Morgan fingerprint density at radius 1 is 1.23 bits per heavy atom. The largest absolute Gasteiger partial charge is 0.490 e. The van der Waals surface area contributed by atoms with Crippen LogP contribution in [0.2, 0.25) is 0 Å². The number of carbonyl (C=O) groups excluding carboxylic acids is 1. The van der Waals surface area contributed by atoms with E-state index in [1.807, 2.05) is 45.0 Å². The first-order chi connectivity index (χ1) is 16.5. The van der Waals surface area contributed by atoms with E-state index >= 15 is 0 Å². The van der Waals surface area contributed by atoms with Crippen LogP contribution in [0, 0.1) is 18.3 Å². The molecule has 1 atom stereocenters. The number of amides is 1. The van der Waals surface area contributed by atoms with Gasteiger partial charge in [0.25, 0.3) is 5.91 Å². The van der Waals surface area contributed by atoms with Crippen LogP contribution in [0.4, 0.5) is 0 Å². The van der Waals surface area contributed by atoms with Crippen LogP contribution in [0.15, 0.2) is 55.1 Å². The number of hydrogen-bond acceptors (Lipinski definition) is 4. The molecule has 0 aliphatic heterocycles. The molecule has 0 fully saturated rings. The van der Waals surface area contributed by atoms with Gasteiger partial charge in [0, 0.05) is 22.2 Å². The molecule has 0 unspecified atom stereocenters. The molecule has 0 radical (unpaired) electrons. The Labute approximate surface area is 208 Å². The third-order valence-electron chi connectivity index (χ3n) is 5.60. The quantitative estimate of drug-likeness (QED) is 0.403. The third kappa shape index (κ3) is 6.39. The smallest absolute Gasteiger partial charge is 0.251 e. The molecular formula is C29H34N4O2. The summed E-state index contributed by atoms with van der Waals surface area (Å²) in [7, 11) is 0. The Morgan fingerprint density at radius 3 is 2.46 bits per heavy atom. The first-order valence-corrected chi connectivity index (χ1v) is 11.8. The zero-order valence-electron chi connectivity index (χ0n) is 21.4. The molecule has 2 aromatic carbocycles. The number of aromatic amines is 1. The number of ether oxygens (including phenoxy) is 1. The summed E-state index contributed by atoms with van der Waals surface area (Å²) in [5.74, 6) is 1.06. The van der Waals surface area contributed by atoms with E-state index in [-0.39, 0.29) is 23.5 Å². The summed E-state index contributed by atoms with van der Waals surface area (Å²) in [5.41, 5.74) is 4.94. The summed E-state index contributed by atoms with van der Waals surface area (Å²) in [6.45, 7) is 16.2. The highest BCUT2D eigenvalue weighted by Crippen LogP contribution is 2.27. The Bertz CT molecular complexity index is 1240. The Hall–Kier alpha value is -3.85. The molecule has 1 aromatic heterocycles. The first-order valence-electron chi connectivity index (χ1n) is 11.8. The van der Waals surface area contributed by atoms with Gasteiger partial charge in [0.05, 0.1) is 23.4 Å². The molecule has 0 bridgehead atoms. The maximum Gasteiger partial charge on any atom is 0.251 e. The monoisotopic (exact) mass is 470 g/mol. The molecule has 0 aliphatic rings. The van der Waals surface area contributed by atoms with E-state index in [1.165, 1.54) is 0 Å². The van der Waals surface area contributed by atoms with Gasteiger partial charge in [-0.1, -0.05) is 51.1 Å². The van der Waals surface area contributed by atoms with E-state index in [4.69, 9.17) is 9.72 Å². The predicted molar refractivity (Wildman–Crippen MR) is 140 cm³/mol. The number of aromatic nitrogens is 2. The minimum Gasteiger partial charge on any atom is -0.490 e. The number of aryl methyl sites for hydroxylation is 1. The van der Waals surface area contributed by atoms with E-state index in [2.05, 4.69) is 43.7 Å². The van der Waals surface area contributed by atoms with Crippen molar-refractivity contribution in [1.29, 1.82) is 5.26 Å². The highest BCUT2D eigenvalue weighted by Gasteiger charge is 2.21. The van der Waals surface area contributed by atoms with Gasteiger partial charge in [-0.3, -0.25) is 4.79 Å². The maximum absolute atomic E-state index is 12.8. The number of imidazole rings is 1. The normalized spacial score (nSPS) is 12.2. The minimum absolute atomic E-state index is 0.0239. The van der Waals surface area contributed by atoms with Crippen molar-refractivity contribution in [2.75, 3.05) is 0 Å². The predicted octanol–water partition coefficient (Wildman–Crippen LogP) is 5.87. The molecule has 1 amide bonds. The SMILES string of the molecule is C=C[C@H](Cc1ccc(-c2nc(C(C)(C)C)c(C)[nH]2)cc1)NC(=O)c1ccc(OC(C)C)c(C#N)c1. The highest BCUT2D eigenvalue weighted by atomic mass is 16.5. The summed E-state index contributed by atoms with van der Waals surface area (Å²) in [5, 5.41) is 12.4. The second-order valence-corrected chi connectivity index (χ2v) is 10.0. The van der Waals surface area contributed by atoms with Crippen molar-refractivity contribution in [3.63, 3.8) is 0 Å². The molecule has 0 saturated heterocycles. The van der Waals surface area contributed by atoms with Crippen molar-refractivity contribution >= 4 is 5.91 Å². The molecular weight excluding hydrogens is 436 g/mol. The van der Waals surface area contributed by atoms with E-state index in [0.29, 0.717) is 23.3 Å². The molecule has 6 heteroatoms. The number of rotatable bonds is 8. The Balaban J connectivity index is 1.69. The molecule has 0 aliphatic carbocycles. The van der Waals surface area contributed by atoms with Gasteiger partial charge in [0.2, 0.25) is 0 Å². The van der Waals surface area contributed by atoms with Gasteiger partial charge < -0.3 is 15.0 Å². The maximum atomic E-state index is 12.8. The van der Waals surface area contributed by atoms with Crippen molar-refractivity contribution in [2.45, 2.75) is 65.5 Å². The van der Waals surface area contributed by atoms with E-state index in [9.17, 15) is 10.1 Å². The molecule has 1 heterocycles. The van der Waals surface area contributed by atoms with E-state index < -0.39 is 0 Å². The lowest BCUT2D eigenvalue weighted by molar-refractivity contribution is 0.0944. The average molecular weight is 471 g/mol. The molecule has 182 valence electrons. The van der Waals surface area contributed by atoms with E-state index in [0.717, 1.165) is 28.3 Å². The van der Waals surface area contributed by atoms with Crippen LogP contribution >= 0.6 is 0 Å². The molecule has 35 heavy (non-hydrogen) atoms. The fourth-order valence-corrected chi connectivity index (χ4v) is 3.94. The topological polar surface area (TPSA) is 90.8 Å². The number of benzene rings is 2. The van der Waals surface area contributed by atoms with Gasteiger partial charge in [-0.15, -0.1) is 6.58 Å². The van der Waals surface area contributed by atoms with Gasteiger partial charge in [-0.05, 0) is 51.0 Å². The van der Waals surface area contributed by atoms with Crippen LogP contribution in [0.5, 0.6) is 5.75 Å². The molecule has 3 rings (SSSR count). The number of carbonyl (C=O) groups is 1. The lowest BCUT2D eigenvalue weighted by atomic mass is 9.91. The molecule has 0 spiro atoms. The average Bonchev–Trinajstić information content (AvgIpc) is 3.21. The van der Waals surface area contributed by atoms with Crippen molar-refractivity contribution < 1.29 is 9.53 Å². The number of nitriles is 1. The van der Waals surface area contributed by atoms with Crippen LogP contribution in [-0.2, 0) is 11.8 Å². The number of nitrogens with zero attached hydrogens (tertiary/aromatic N) is 2. The van der Waals surface area contributed by atoms with Crippen LogP contribution in [0.25, 0.3) is 11.4 Å². The second-order valence-electron chi connectivity index (χ2n) is 10.0. The number of H-pyrrole nitrogens is 1. The van der Waals surface area contributed by atoms with Crippen molar-refractivity contribution in [1.82, 2.24) is 15.3 Å².